The van der Waals surface area contributed by atoms with Crippen molar-refractivity contribution in [2.75, 3.05) is 4.90 Å². The number of halogens is 2. The number of carbonyl (C=O) groups is 3. The van der Waals surface area contributed by atoms with E-state index < -0.39 is 23.4 Å². The van der Waals surface area contributed by atoms with E-state index >= 15 is 0 Å². The van der Waals surface area contributed by atoms with Crippen LogP contribution in [-0.2, 0) is 0 Å². The zero-order chi connectivity index (χ0) is 26.9. The van der Waals surface area contributed by atoms with Crippen LogP contribution in [0.1, 0.15) is 48.1 Å². The van der Waals surface area contributed by atoms with Crippen LogP contribution < -0.4 is 4.90 Å². The largest absolute Gasteiger partial charge is 0.352 e. The van der Waals surface area contributed by atoms with Crippen molar-refractivity contribution in [2.24, 2.45) is 5.41 Å². The molecule has 0 saturated carbocycles. The first-order valence-corrected chi connectivity index (χ1v) is 14.3. The Morgan fingerprint density at radius 3 is 2.03 bits per heavy atom. The molecule has 7 rings (SSSR count). The summed E-state index contributed by atoms with van der Waals surface area (Å²) in [6, 6.07) is 28.4. The van der Waals surface area contributed by atoms with Gasteiger partial charge in [0.2, 0.25) is 0 Å². The van der Waals surface area contributed by atoms with E-state index in [1.807, 2.05) is 77.7 Å². The summed E-state index contributed by atoms with van der Waals surface area (Å²) in [5.74, 6) is -1.28. The van der Waals surface area contributed by atoms with E-state index in [1.54, 1.807) is 36.4 Å². The normalized spacial score (nSPS) is 22.1. The Labute approximate surface area is 242 Å². The van der Waals surface area contributed by atoms with Gasteiger partial charge in [0.1, 0.15) is 11.5 Å². The van der Waals surface area contributed by atoms with Crippen LogP contribution in [-0.4, -0.2) is 29.4 Å². The highest BCUT2D eigenvalue weighted by Gasteiger charge is 2.71. The second kappa shape index (κ2) is 8.97. The van der Waals surface area contributed by atoms with Gasteiger partial charge in [0.25, 0.3) is 0 Å². The van der Waals surface area contributed by atoms with Gasteiger partial charge in [0.05, 0.1) is 6.04 Å². The molecule has 0 amide bonds. The second-order valence-electron chi connectivity index (χ2n) is 10.2. The number of nitrogens with zero attached hydrogens (tertiary/aromatic N) is 1. The van der Waals surface area contributed by atoms with Gasteiger partial charge in [0.15, 0.2) is 17.3 Å². The van der Waals surface area contributed by atoms with E-state index in [2.05, 4.69) is 31.9 Å². The van der Waals surface area contributed by atoms with Crippen molar-refractivity contribution in [3.63, 3.8) is 0 Å². The highest BCUT2D eigenvalue weighted by molar-refractivity contribution is 9.10. The number of anilines is 1. The van der Waals surface area contributed by atoms with E-state index in [9.17, 15) is 14.4 Å². The SMILES string of the molecule is O=C(c1ccccc1)[C@H]1[C@H](c2ccc(Br)cc2)C2(C(=O)c3ccccc3C2=O)C2C=Cc3cc(Br)ccc3N21. The van der Waals surface area contributed by atoms with Gasteiger partial charge in [-0.2, -0.15) is 0 Å². The molecule has 0 bridgehead atoms. The molecule has 0 N–H and O–H groups in total. The molecule has 2 aliphatic heterocycles. The van der Waals surface area contributed by atoms with Crippen molar-refractivity contribution in [1.29, 1.82) is 0 Å². The molecular formula is C33H21Br2NO3. The Hall–Kier alpha value is -3.61. The lowest BCUT2D eigenvalue weighted by Crippen LogP contribution is -2.48. The first-order chi connectivity index (χ1) is 18.9. The van der Waals surface area contributed by atoms with Gasteiger partial charge < -0.3 is 4.90 Å². The molecule has 3 aliphatic rings. The third-order valence-electron chi connectivity index (χ3n) is 8.32. The average molecular weight is 639 g/mol. The quantitative estimate of drug-likeness (QED) is 0.172. The summed E-state index contributed by atoms with van der Waals surface area (Å²) in [6.07, 6.45) is 3.92. The van der Waals surface area contributed by atoms with Crippen LogP contribution >= 0.6 is 31.9 Å². The highest BCUT2D eigenvalue weighted by Crippen LogP contribution is 2.61. The lowest BCUT2D eigenvalue weighted by Gasteiger charge is -2.37. The Morgan fingerprint density at radius 1 is 0.744 bits per heavy atom. The predicted octanol–water partition coefficient (Wildman–Crippen LogP) is 7.53. The Balaban J connectivity index is 1.55. The molecule has 0 aromatic heterocycles. The molecule has 39 heavy (non-hydrogen) atoms. The molecule has 2 heterocycles. The molecule has 1 aliphatic carbocycles. The summed E-state index contributed by atoms with van der Waals surface area (Å²) in [6.45, 7) is 0. The number of hydrogen-bond acceptors (Lipinski definition) is 4. The number of Topliss-reactive ketones (excluding diaryl/α,β-unsaturated/α-hetero) is 3. The third kappa shape index (κ3) is 3.38. The van der Waals surface area contributed by atoms with Crippen molar-refractivity contribution >= 4 is 61.0 Å². The van der Waals surface area contributed by atoms with E-state index in [0.29, 0.717) is 16.7 Å². The lowest BCUT2D eigenvalue weighted by molar-refractivity contribution is 0.0666. The zero-order valence-corrected chi connectivity index (χ0v) is 23.7. The van der Waals surface area contributed by atoms with E-state index in [-0.39, 0.29) is 17.3 Å². The predicted molar refractivity (Wildman–Crippen MR) is 158 cm³/mol. The summed E-state index contributed by atoms with van der Waals surface area (Å²) in [4.78, 5) is 45.8. The zero-order valence-electron chi connectivity index (χ0n) is 20.6. The van der Waals surface area contributed by atoms with Crippen molar-refractivity contribution in [2.45, 2.75) is 18.0 Å². The summed E-state index contributed by atoms with van der Waals surface area (Å²) in [5, 5.41) is 0. The molecular weight excluding hydrogens is 618 g/mol. The number of benzene rings is 4. The Morgan fingerprint density at radius 2 is 1.36 bits per heavy atom. The highest BCUT2D eigenvalue weighted by atomic mass is 79.9. The monoisotopic (exact) mass is 637 g/mol. The first kappa shape index (κ1) is 24.4. The van der Waals surface area contributed by atoms with Crippen molar-refractivity contribution in [1.82, 2.24) is 0 Å². The fourth-order valence-electron chi connectivity index (χ4n) is 6.76. The standard InChI is InChI=1S/C33H21Br2NO3/c34-22-13-10-19(11-14-22)28-29(30(37)20-6-2-1-3-7-20)36-26-16-15-23(35)18-21(26)12-17-27(36)33(28)31(38)24-8-4-5-9-25(24)32(33)39/h1-18,27-29H/t27?,28-,29+/m0/s1. The molecule has 0 radical (unpaired) electrons. The summed E-state index contributed by atoms with van der Waals surface area (Å²) in [7, 11) is 0. The van der Waals surface area contributed by atoms with Gasteiger partial charge >= 0.3 is 0 Å². The van der Waals surface area contributed by atoms with Crippen molar-refractivity contribution in [3.05, 3.63) is 140 Å². The molecule has 6 heteroatoms. The smallest absolute Gasteiger partial charge is 0.185 e. The molecule has 4 aromatic carbocycles. The van der Waals surface area contributed by atoms with Crippen LogP contribution in [0.3, 0.4) is 0 Å². The molecule has 4 nitrogen and oxygen atoms in total. The maximum absolute atomic E-state index is 14.6. The van der Waals surface area contributed by atoms with Gasteiger partial charge in [-0.15, -0.1) is 0 Å². The van der Waals surface area contributed by atoms with Crippen LogP contribution in [0.25, 0.3) is 6.08 Å². The Kier molecular flexibility index (Phi) is 5.62. The van der Waals surface area contributed by atoms with Crippen LogP contribution in [0.2, 0.25) is 0 Å². The number of hydrogen-bond donors (Lipinski definition) is 0. The number of carbonyl (C=O) groups excluding carboxylic acids is 3. The molecule has 1 unspecified atom stereocenters. The summed E-state index contributed by atoms with van der Waals surface area (Å²) >= 11 is 7.08. The fourth-order valence-corrected chi connectivity index (χ4v) is 7.41. The lowest BCUT2D eigenvalue weighted by atomic mass is 9.64. The number of ketones is 3. The first-order valence-electron chi connectivity index (χ1n) is 12.7. The second-order valence-corrected chi connectivity index (χ2v) is 12.0. The molecule has 4 aromatic rings. The van der Waals surface area contributed by atoms with Crippen LogP contribution in [0.15, 0.2) is 112 Å². The van der Waals surface area contributed by atoms with Gasteiger partial charge in [-0.05, 0) is 41.5 Å². The average Bonchev–Trinajstić information content (AvgIpc) is 3.39. The third-order valence-corrected chi connectivity index (χ3v) is 9.34. The molecule has 1 fully saturated rings. The van der Waals surface area contributed by atoms with E-state index in [0.717, 1.165) is 25.8 Å². The topological polar surface area (TPSA) is 54.5 Å². The summed E-state index contributed by atoms with van der Waals surface area (Å²) in [5.41, 5.74) is 2.43. The van der Waals surface area contributed by atoms with E-state index in [1.165, 1.54) is 0 Å². The minimum absolute atomic E-state index is 0.119. The minimum Gasteiger partial charge on any atom is -0.352 e. The maximum Gasteiger partial charge on any atom is 0.185 e. The van der Waals surface area contributed by atoms with Gasteiger partial charge in [-0.1, -0.05) is 111 Å². The van der Waals surface area contributed by atoms with Crippen LogP contribution in [0.5, 0.6) is 0 Å². The molecule has 3 atom stereocenters. The number of rotatable bonds is 3. The number of fused-ring (bicyclic) bond motifs is 5. The van der Waals surface area contributed by atoms with Gasteiger partial charge in [-0.25, -0.2) is 0 Å². The van der Waals surface area contributed by atoms with Crippen LogP contribution in [0.4, 0.5) is 5.69 Å². The molecule has 190 valence electrons. The Bertz CT molecular complexity index is 1680. The van der Waals surface area contributed by atoms with Gasteiger partial charge in [0, 0.05) is 37.2 Å². The maximum atomic E-state index is 14.6. The minimum atomic E-state index is -1.49. The van der Waals surface area contributed by atoms with E-state index in [4.69, 9.17) is 0 Å². The van der Waals surface area contributed by atoms with Crippen molar-refractivity contribution in [3.8, 4) is 0 Å². The molecule has 1 spiro atoms. The van der Waals surface area contributed by atoms with Crippen molar-refractivity contribution < 1.29 is 14.4 Å². The molecule has 1 saturated heterocycles. The van der Waals surface area contributed by atoms with Gasteiger partial charge in [-0.3, -0.25) is 14.4 Å². The summed E-state index contributed by atoms with van der Waals surface area (Å²) < 4.78 is 1.79. The fraction of sp³-hybridized carbons (Fsp3) is 0.121. The van der Waals surface area contributed by atoms with Crippen LogP contribution in [0, 0.1) is 5.41 Å².